The summed E-state index contributed by atoms with van der Waals surface area (Å²) in [5.41, 5.74) is 1.40. The molecule has 1 saturated heterocycles. The van der Waals surface area contributed by atoms with Crippen LogP contribution in [0.1, 0.15) is 42.4 Å². The number of amides is 1. The highest BCUT2D eigenvalue weighted by Gasteiger charge is 2.22. The number of aromatic nitrogens is 3. The lowest BCUT2D eigenvalue weighted by Crippen LogP contribution is -2.28. The van der Waals surface area contributed by atoms with Crippen LogP contribution in [0.25, 0.3) is 0 Å². The Morgan fingerprint density at radius 3 is 2.88 bits per heavy atom. The largest absolute Gasteiger partial charge is 0.377 e. The van der Waals surface area contributed by atoms with E-state index in [9.17, 15) is 4.79 Å². The number of hydrogen-bond donors (Lipinski definition) is 1. The molecule has 2 aromatic rings. The van der Waals surface area contributed by atoms with E-state index in [1.54, 1.807) is 24.5 Å². The number of nitrogens with zero attached hydrogens (tertiary/aromatic N) is 4. The normalized spacial score (nSPS) is 14.2. The summed E-state index contributed by atoms with van der Waals surface area (Å²) in [7, 11) is 0. The molecule has 1 N–H and O–H groups in total. The number of benzene rings is 1. The maximum Gasteiger partial charge on any atom is 0.255 e. The van der Waals surface area contributed by atoms with Gasteiger partial charge in [-0.15, -0.1) is 0 Å². The lowest BCUT2D eigenvalue weighted by atomic mass is 10.1. The SMILES string of the molecule is CCCn1ncnc1CNc1cc(Cl)ccc1C(=O)N1CCCC1. The van der Waals surface area contributed by atoms with Gasteiger partial charge in [-0.1, -0.05) is 18.5 Å². The van der Waals surface area contributed by atoms with Crippen LogP contribution in [0.2, 0.25) is 5.02 Å². The van der Waals surface area contributed by atoms with E-state index in [-0.39, 0.29) is 5.91 Å². The molecule has 1 aliphatic heterocycles. The Hall–Kier alpha value is -2.08. The molecule has 3 rings (SSSR count). The first-order valence-electron chi connectivity index (χ1n) is 8.38. The van der Waals surface area contributed by atoms with Gasteiger partial charge in [-0.25, -0.2) is 9.67 Å². The van der Waals surface area contributed by atoms with Crippen molar-refractivity contribution in [3.8, 4) is 0 Å². The van der Waals surface area contributed by atoms with Gasteiger partial charge in [-0.05, 0) is 37.5 Å². The Kier molecular flexibility index (Phi) is 5.35. The summed E-state index contributed by atoms with van der Waals surface area (Å²) < 4.78 is 1.87. The van der Waals surface area contributed by atoms with Gasteiger partial charge in [0.25, 0.3) is 5.91 Å². The van der Waals surface area contributed by atoms with Gasteiger partial charge in [0.2, 0.25) is 0 Å². The van der Waals surface area contributed by atoms with Gasteiger partial charge in [0.1, 0.15) is 12.2 Å². The van der Waals surface area contributed by atoms with Gasteiger partial charge < -0.3 is 10.2 Å². The Morgan fingerprint density at radius 1 is 1.33 bits per heavy atom. The summed E-state index contributed by atoms with van der Waals surface area (Å²) in [5.74, 6) is 0.901. The van der Waals surface area contributed by atoms with Crippen molar-refractivity contribution >= 4 is 23.2 Å². The minimum Gasteiger partial charge on any atom is -0.377 e. The fourth-order valence-electron chi connectivity index (χ4n) is 2.94. The average Bonchev–Trinajstić information content (AvgIpc) is 3.25. The summed E-state index contributed by atoms with van der Waals surface area (Å²) in [6.07, 6.45) is 4.69. The van der Waals surface area contributed by atoms with Crippen LogP contribution in [0, 0.1) is 0 Å². The topological polar surface area (TPSA) is 63.1 Å². The van der Waals surface area contributed by atoms with Gasteiger partial charge in [-0.2, -0.15) is 5.10 Å². The molecule has 2 heterocycles. The first-order chi connectivity index (χ1) is 11.7. The average molecular weight is 348 g/mol. The van der Waals surface area contributed by atoms with Crippen LogP contribution in [0.3, 0.4) is 0 Å². The number of likely N-dealkylation sites (tertiary alicyclic amines) is 1. The van der Waals surface area contributed by atoms with E-state index in [0.29, 0.717) is 17.1 Å². The van der Waals surface area contributed by atoms with E-state index < -0.39 is 0 Å². The third-order valence-corrected chi connectivity index (χ3v) is 4.41. The number of carbonyl (C=O) groups excluding carboxylic acids is 1. The number of rotatable bonds is 6. The molecule has 6 nitrogen and oxygen atoms in total. The number of halogens is 1. The molecule has 1 aromatic heterocycles. The number of anilines is 1. The molecular formula is C17H22ClN5O. The molecule has 0 atom stereocenters. The predicted molar refractivity (Wildman–Crippen MR) is 94.2 cm³/mol. The lowest BCUT2D eigenvalue weighted by molar-refractivity contribution is 0.0793. The second-order valence-electron chi connectivity index (χ2n) is 5.94. The van der Waals surface area contributed by atoms with Gasteiger partial charge in [0, 0.05) is 30.3 Å². The third kappa shape index (κ3) is 3.70. The molecule has 1 fully saturated rings. The number of aryl methyl sites for hydroxylation is 1. The van der Waals surface area contributed by atoms with Gasteiger partial charge in [-0.3, -0.25) is 4.79 Å². The van der Waals surface area contributed by atoms with E-state index in [1.807, 2.05) is 9.58 Å². The second-order valence-corrected chi connectivity index (χ2v) is 6.38. The van der Waals surface area contributed by atoms with E-state index in [4.69, 9.17) is 11.6 Å². The fourth-order valence-corrected chi connectivity index (χ4v) is 3.11. The van der Waals surface area contributed by atoms with Crippen molar-refractivity contribution in [1.82, 2.24) is 19.7 Å². The Morgan fingerprint density at radius 2 is 2.12 bits per heavy atom. The molecule has 0 bridgehead atoms. The molecule has 128 valence electrons. The zero-order chi connectivity index (χ0) is 16.9. The number of nitrogens with one attached hydrogen (secondary N) is 1. The van der Waals surface area contributed by atoms with Gasteiger partial charge in [0.15, 0.2) is 0 Å². The van der Waals surface area contributed by atoms with Crippen LogP contribution in [-0.2, 0) is 13.1 Å². The molecular weight excluding hydrogens is 326 g/mol. The van der Waals surface area contributed by atoms with Crippen LogP contribution in [-0.4, -0.2) is 38.7 Å². The van der Waals surface area contributed by atoms with Crippen LogP contribution >= 0.6 is 11.6 Å². The molecule has 1 aromatic carbocycles. The molecule has 0 saturated carbocycles. The summed E-state index contributed by atoms with van der Waals surface area (Å²) in [4.78, 5) is 18.9. The standard InChI is InChI=1S/C17H22ClN5O/c1-2-7-23-16(20-12-21-23)11-19-15-10-13(18)5-6-14(15)17(24)22-8-3-4-9-22/h5-6,10,12,19H,2-4,7-9,11H2,1H3. The summed E-state index contributed by atoms with van der Waals surface area (Å²) >= 11 is 6.12. The lowest BCUT2D eigenvalue weighted by Gasteiger charge is -2.18. The number of carbonyl (C=O) groups is 1. The highest BCUT2D eigenvalue weighted by atomic mass is 35.5. The zero-order valence-corrected chi connectivity index (χ0v) is 14.6. The summed E-state index contributed by atoms with van der Waals surface area (Å²) in [6, 6.07) is 5.35. The monoisotopic (exact) mass is 347 g/mol. The van der Waals surface area contributed by atoms with Crippen LogP contribution in [0.5, 0.6) is 0 Å². The minimum absolute atomic E-state index is 0.0571. The van der Waals surface area contributed by atoms with Crippen molar-refractivity contribution in [1.29, 1.82) is 0 Å². The maximum absolute atomic E-state index is 12.7. The Bertz CT molecular complexity index is 709. The van der Waals surface area contributed by atoms with Crippen molar-refractivity contribution < 1.29 is 4.79 Å². The van der Waals surface area contributed by atoms with Crippen molar-refractivity contribution in [3.63, 3.8) is 0 Å². The molecule has 7 heteroatoms. The van der Waals surface area contributed by atoms with E-state index in [1.165, 1.54) is 0 Å². The Balaban J connectivity index is 1.77. The highest BCUT2D eigenvalue weighted by molar-refractivity contribution is 6.31. The summed E-state index contributed by atoms with van der Waals surface area (Å²) in [5, 5.41) is 8.13. The quantitative estimate of drug-likeness (QED) is 0.871. The zero-order valence-electron chi connectivity index (χ0n) is 13.8. The van der Waals surface area contributed by atoms with Crippen LogP contribution < -0.4 is 5.32 Å². The third-order valence-electron chi connectivity index (χ3n) is 4.17. The molecule has 0 aliphatic carbocycles. The first kappa shape index (κ1) is 16.8. The molecule has 0 radical (unpaired) electrons. The molecule has 1 amide bonds. The van der Waals surface area contributed by atoms with E-state index in [2.05, 4.69) is 22.3 Å². The van der Waals surface area contributed by atoms with Crippen molar-refractivity contribution in [2.75, 3.05) is 18.4 Å². The molecule has 0 spiro atoms. The molecule has 24 heavy (non-hydrogen) atoms. The molecule has 1 aliphatic rings. The van der Waals surface area contributed by atoms with Crippen LogP contribution in [0.15, 0.2) is 24.5 Å². The van der Waals surface area contributed by atoms with Crippen molar-refractivity contribution in [3.05, 3.63) is 40.9 Å². The molecule has 0 unspecified atom stereocenters. The predicted octanol–water partition coefficient (Wildman–Crippen LogP) is 3.19. The second kappa shape index (κ2) is 7.66. The first-order valence-corrected chi connectivity index (χ1v) is 8.76. The smallest absolute Gasteiger partial charge is 0.255 e. The Labute approximate surface area is 146 Å². The van der Waals surface area contributed by atoms with Crippen LogP contribution in [0.4, 0.5) is 5.69 Å². The van der Waals surface area contributed by atoms with Crippen molar-refractivity contribution in [2.24, 2.45) is 0 Å². The highest BCUT2D eigenvalue weighted by Crippen LogP contribution is 2.24. The van der Waals surface area contributed by atoms with Gasteiger partial charge >= 0.3 is 0 Å². The van der Waals surface area contributed by atoms with Crippen molar-refractivity contribution in [2.45, 2.75) is 39.3 Å². The minimum atomic E-state index is 0.0571. The number of hydrogen-bond acceptors (Lipinski definition) is 4. The fraction of sp³-hybridized carbons (Fsp3) is 0.471. The van der Waals surface area contributed by atoms with Gasteiger partial charge in [0.05, 0.1) is 12.1 Å². The van der Waals surface area contributed by atoms with E-state index >= 15 is 0 Å². The summed E-state index contributed by atoms with van der Waals surface area (Å²) in [6.45, 7) is 5.08. The maximum atomic E-state index is 12.7. The van der Waals surface area contributed by atoms with E-state index in [0.717, 1.165) is 50.4 Å².